The number of hydrogen-bond donors (Lipinski definition) is 5. The van der Waals surface area contributed by atoms with Gasteiger partial charge in [0, 0.05) is 53.3 Å². The highest BCUT2D eigenvalue weighted by Crippen LogP contribution is 2.29. The zero-order chi connectivity index (χ0) is 24.5. The van der Waals surface area contributed by atoms with Gasteiger partial charge in [-0.15, -0.1) is 0 Å². The molecule has 1 aromatic heterocycles. The van der Waals surface area contributed by atoms with Crippen LogP contribution in [-0.2, 0) is 0 Å². The fraction of sp³-hybridized carbons (Fsp3) is 0.320. The molecule has 2 heterocycles. The second kappa shape index (κ2) is 11.9. The monoisotopic (exact) mass is 464 g/mol. The minimum Gasteiger partial charge on any atom is -0.387 e. The van der Waals surface area contributed by atoms with Gasteiger partial charge in [-0.3, -0.25) is 5.43 Å². The van der Waals surface area contributed by atoms with E-state index < -0.39 is 0 Å². The van der Waals surface area contributed by atoms with Crippen molar-refractivity contribution >= 4 is 34.2 Å². The lowest BCUT2D eigenvalue weighted by atomic mass is 9.96. The second-order valence-electron chi connectivity index (χ2n) is 7.90. The molecule has 1 aromatic carbocycles. The highest BCUT2D eigenvalue weighted by atomic mass is 19.1. The number of halogens is 1. The molecule has 0 aliphatic carbocycles. The van der Waals surface area contributed by atoms with Crippen molar-refractivity contribution in [3.63, 3.8) is 0 Å². The Bertz CT molecular complexity index is 1180. The van der Waals surface area contributed by atoms with Crippen LogP contribution in [-0.4, -0.2) is 43.8 Å². The maximum atomic E-state index is 15.1. The van der Waals surface area contributed by atoms with E-state index in [1.807, 2.05) is 27.0 Å². The molecular weight excluding hydrogens is 431 g/mol. The van der Waals surface area contributed by atoms with Crippen molar-refractivity contribution in [3.8, 4) is 0 Å². The molecule has 0 bridgehead atoms. The number of allylic oxidation sites excluding steroid dienone is 3. The van der Waals surface area contributed by atoms with E-state index in [1.165, 1.54) is 6.07 Å². The van der Waals surface area contributed by atoms with Crippen LogP contribution in [0.4, 0.5) is 10.2 Å². The van der Waals surface area contributed by atoms with Gasteiger partial charge in [-0.2, -0.15) is 5.10 Å². The Kier molecular flexibility index (Phi) is 8.75. The minimum atomic E-state index is -0.344. The van der Waals surface area contributed by atoms with Gasteiger partial charge in [0.1, 0.15) is 18.3 Å². The van der Waals surface area contributed by atoms with E-state index >= 15 is 4.39 Å². The van der Waals surface area contributed by atoms with Gasteiger partial charge in [0.05, 0.1) is 6.21 Å². The molecule has 0 unspecified atom stereocenters. The number of hydrazone groups is 1. The number of nitrogens with zero attached hydrogens (tertiary/aromatic N) is 3. The Labute approximate surface area is 200 Å². The number of fused-ring (bicyclic) bond motifs is 1. The third-order valence-corrected chi connectivity index (χ3v) is 5.36. The molecule has 6 N–H and O–H groups in total. The Hall–Kier alpha value is -3.72. The number of amidine groups is 1. The Morgan fingerprint density at radius 3 is 2.85 bits per heavy atom. The van der Waals surface area contributed by atoms with Crippen molar-refractivity contribution in [2.45, 2.75) is 27.2 Å². The fourth-order valence-electron chi connectivity index (χ4n) is 3.66. The molecule has 0 amide bonds. The summed E-state index contributed by atoms with van der Waals surface area (Å²) < 4.78 is 15.1. The van der Waals surface area contributed by atoms with E-state index in [2.05, 4.69) is 43.4 Å². The molecule has 0 radical (unpaired) electrons. The number of nitrogens with two attached hydrogens (primary N) is 1. The summed E-state index contributed by atoms with van der Waals surface area (Å²) in [5, 5.41) is 15.4. The van der Waals surface area contributed by atoms with Crippen LogP contribution >= 0.6 is 0 Å². The summed E-state index contributed by atoms with van der Waals surface area (Å²) in [6, 6.07) is 5.09. The van der Waals surface area contributed by atoms with Crippen molar-refractivity contribution in [2.75, 3.05) is 26.8 Å². The summed E-state index contributed by atoms with van der Waals surface area (Å²) >= 11 is 0. The molecule has 8 nitrogen and oxygen atoms in total. The van der Waals surface area contributed by atoms with Crippen LogP contribution in [0.15, 0.2) is 63.6 Å². The zero-order valence-electron chi connectivity index (χ0n) is 20.2. The van der Waals surface area contributed by atoms with E-state index in [-0.39, 0.29) is 5.82 Å². The largest absolute Gasteiger partial charge is 0.387 e. The van der Waals surface area contributed by atoms with Crippen molar-refractivity contribution < 1.29 is 4.39 Å². The van der Waals surface area contributed by atoms with Gasteiger partial charge in [-0.1, -0.05) is 13.0 Å². The SMILES string of the molecule is CC=C1NCN/N=C/C(c2cc3cc(N=C(N)/C=C(/CNC)NCCC)ncc3cc2F)=C1C. The summed E-state index contributed by atoms with van der Waals surface area (Å²) in [4.78, 5) is 8.80. The van der Waals surface area contributed by atoms with Crippen LogP contribution in [0.1, 0.15) is 32.8 Å². The van der Waals surface area contributed by atoms with Crippen LogP contribution in [0.3, 0.4) is 0 Å². The third kappa shape index (κ3) is 6.20. The molecule has 0 saturated carbocycles. The maximum Gasteiger partial charge on any atom is 0.154 e. The van der Waals surface area contributed by atoms with Gasteiger partial charge in [0.25, 0.3) is 0 Å². The lowest BCUT2D eigenvalue weighted by molar-refractivity contribution is 0.625. The van der Waals surface area contributed by atoms with Crippen LogP contribution in [0, 0.1) is 5.82 Å². The summed E-state index contributed by atoms with van der Waals surface area (Å²) in [6.45, 7) is 7.98. The first-order chi connectivity index (χ1) is 16.5. The highest BCUT2D eigenvalue weighted by molar-refractivity contribution is 6.13. The molecule has 3 rings (SSSR count). The molecule has 9 heteroatoms. The third-order valence-electron chi connectivity index (χ3n) is 5.36. The van der Waals surface area contributed by atoms with E-state index in [0.717, 1.165) is 35.3 Å². The number of pyridine rings is 1. The molecular formula is C25H33FN8. The van der Waals surface area contributed by atoms with Gasteiger partial charge in [-0.25, -0.2) is 14.4 Å². The minimum absolute atomic E-state index is 0.337. The molecule has 0 fully saturated rings. The smallest absolute Gasteiger partial charge is 0.154 e. The van der Waals surface area contributed by atoms with Crippen molar-refractivity contribution in [2.24, 2.45) is 15.8 Å². The second-order valence-corrected chi connectivity index (χ2v) is 7.90. The summed E-state index contributed by atoms with van der Waals surface area (Å²) in [5.41, 5.74) is 13.0. The highest BCUT2D eigenvalue weighted by Gasteiger charge is 2.15. The van der Waals surface area contributed by atoms with Crippen molar-refractivity contribution in [1.82, 2.24) is 26.4 Å². The first kappa shape index (κ1) is 24.9. The topological polar surface area (TPSA) is 112 Å². The summed E-state index contributed by atoms with van der Waals surface area (Å²) in [7, 11) is 1.87. The van der Waals surface area contributed by atoms with Crippen molar-refractivity contribution in [1.29, 1.82) is 0 Å². The molecule has 1 aliphatic heterocycles. The number of hydrogen-bond acceptors (Lipinski definition) is 7. The van der Waals surface area contributed by atoms with E-state index in [1.54, 1.807) is 30.6 Å². The van der Waals surface area contributed by atoms with Gasteiger partial charge in [0.15, 0.2) is 5.82 Å². The first-order valence-electron chi connectivity index (χ1n) is 11.4. The molecule has 34 heavy (non-hydrogen) atoms. The predicted molar refractivity (Wildman–Crippen MR) is 139 cm³/mol. The maximum absolute atomic E-state index is 15.1. The van der Waals surface area contributed by atoms with E-state index in [9.17, 15) is 0 Å². The number of aliphatic imine (C=N–C) groups is 1. The molecule has 1 aliphatic rings. The van der Waals surface area contributed by atoms with E-state index in [4.69, 9.17) is 5.73 Å². The number of nitrogens with one attached hydrogen (secondary N) is 4. The van der Waals surface area contributed by atoms with Crippen LogP contribution < -0.4 is 27.1 Å². The average molecular weight is 465 g/mol. The van der Waals surface area contributed by atoms with Gasteiger partial charge in [-0.05, 0) is 56.5 Å². The molecule has 180 valence electrons. The van der Waals surface area contributed by atoms with Crippen LogP contribution in [0.25, 0.3) is 16.3 Å². The Balaban J connectivity index is 2.02. The normalized spacial score (nSPS) is 17.3. The quantitative estimate of drug-likeness (QED) is 0.303. The average Bonchev–Trinajstić information content (AvgIpc) is 2.80. The van der Waals surface area contributed by atoms with Crippen LogP contribution in [0.5, 0.6) is 0 Å². The first-order valence-corrected chi connectivity index (χ1v) is 11.4. The Morgan fingerprint density at radius 2 is 2.12 bits per heavy atom. The van der Waals surface area contributed by atoms with E-state index in [0.29, 0.717) is 41.4 Å². The number of aromatic nitrogens is 1. The van der Waals surface area contributed by atoms with Crippen LogP contribution in [0.2, 0.25) is 0 Å². The van der Waals surface area contributed by atoms with Gasteiger partial charge < -0.3 is 21.7 Å². The zero-order valence-corrected chi connectivity index (χ0v) is 20.2. The number of likely N-dealkylation sites (N-methyl/N-ethyl adjacent to an activating group) is 1. The molecule has 0 spiro atoms. The van der Waals surface area contributed by atoms with Gasteiger partial charge in [0.2, 0.25) is 0 Å². The molecule has 0 atom stereocenters. The standard InChI is InChI=1S/C25H33FN8/c1-5-7-29-19(13-28-4)11-24(27)34-25-10-17-8-20(22(26)9-18(17)12-30-25)21-14-32-33-15-31-23(6-2)16(21)3/h6,8-12,14,28-29,31,33H,5,7,13,15H2,1-4H3,(H2,27,30,34)/b19-11-,21-16?,23-6?,32-14+. The Morgan fingerprint density at radius 1 is 1.29 bits per heavy atom. The van der Waals surface area contributed by atoms with Gasteiger partial charge >= 0.3 is 0 Å². The predicted octanol–water partition coefficient (Wildman–Crippen LogP) is 3.28. The number of rotatable bonds is 8. The summed E-state index contributed by atoms with van der Waals surface area (Å²) in [6.07, 6.45) is 8.02. The molecule has 0 saturated heterocycles. The lowest BCUT2D eigenvalue weighted by Crippen LogP contribution is -2.27. The summed E-state index contributed by atoms with van der Waals surface area (Å²) in [5.74, 6) is 0.444. The lowest BCUT2D eigenvalue weighted by Gasteiger charge is -2.18. The van der Waals surface area contributed by atoms with Crippen molar-refractivity contribution in [3.05, 3.63) is 64.9 Å². The molecule has 2 aromatic rings. The number of benzene rings is 1. The fourth-order valence-corrected chi connectivity index (χ4v) is 3.66.